The number of rotatable bonds is 9. The first kappa shape index (κ1) is 19.0. The average Bonchev–Trinajstić information content (AvgIpc) is 3.40. The predicted molar refractivity (Wildman–Crippen MR) is 111 cm³/mol. The van der Waals surface area contributed by atoms with Gasteiger partial charge in [-0.3, -0.25) is 0 Å². The summed E-state index contributed by atoms with van der Waals surface area (Å²) < 4.78 is 7.22. The predicted octanol–water partition coefficient (Wildman–Crippen LogP) is 3.59. The zero-order valence-electron chi connectivity index (χ0n) is 16.8. The SMILES string of the molecule is CCCCN(CC)c1ccc2nnc(CCc3nc(-c4ccccc4)no3)n2n1. The molecule has 0 saturated heterocycles. The van der Waals surface area contributed by atoms with Gasteiger partial charge in [0, 0.05) is 31.5 Å². The molecule has 8 heteroatoms. The van der Waals surface area contributed by atoms with Crippen LogP contribution < -0.4 is 4.90 Å². The Kier molecular flexibility index (Phi) is 5.79. The van der Waals surface area contributed by atoms with Crippen molar-refractivity contribution >= 4 is 11.5 Å². The minimum Gasteiger partial charge on any atom is -0.355 e. The Labute approximate surface area is 169 Å². The van der Waals surface area contributed by atoms with Gasteiger partial charge in [-0.1, -0.05) is 48.8 Å². The van der Waals surface area contributed by atoms with Crippen LogP contribution in [0.15, 0.2) is 47.0 Å². The molecule has 0 fully saturated rings. The van der Waals surface area contributed by atoms with Crippen molar-refractivity contribution in [1.82, 2.24) is 30.0 Å². The van der Waals surface area contributed by atoms with E-state index >= 15 is 0 Å². The van der Waals surface area contributed by atoms with E-state index in [1.54, 1.807) is 0 Å². The molecule has 4 rings (SSSR count). The van der Waals surface area contributed by atoms with Crippen LogP contribution in [0.3, 0.4) is 0 Å². The number of aryl methyl sites for hydroxylation is 2. The van der Waals surface area contributed by atoms with E-state index in [-0.39, 0.29) is 0 Å². The van der Waals surface area contributed by atoms with Crippen molar-refractivity contribution in [2.24, 2.45) is 0 Å². The molecule has 4 aromatic rings. The van der Waals surface area contributed by atoms with Gasteiger partial charge in [0.05, 0.1) is 0 Å². The lowest BCUT2D eigenvalue weighted by atomic mass is 10.2. The molecule has 0 atom stereocenters. The molecule has 0 aliphatic heterocycles. The zero-order chi connectivity index (χ0) is 20.1. The van der Waals surface area contributed by atoms with Crippen LogP contribution in [0.2, 0.25) is 0 Å². The smallest absolute Gasteiger partial charge is 0.227 e. The third-order valence-corrected chi connectivity index (χ3v) is 4.86. The maximum Gasteiger partial charge on any atom is 0.227 e. The number of anilines is 1. The molecule has 0 saturated carbocycles. The summed E-state index contributed by atoms with van der Waals surface area (Å²) in [6, 6.07) is 13.8. The minimum atomic E-state index is 0.579. The molecule has 0 bridgehead atoms. The topological polar surface area (TPSA) is 85.2 Å². The number of benzene rings is 1. The summed E-state index contributed by atoms with van der Waals surface area (Å²) in [5.74, 6) is 2.91. The summed E-state index contributed by atoms with van der Waals surface area (Å²) in [6.45, 7) is 6.25. The van der Waals surface area contributed by atoms with Gasteiger partial charge in [0.15, 0.2) is 11.5 Å². The molecule has 0 spiro atoms. The van der Waals surface area contributed by atoms with Crippen LogP contribution in [-0.4, -0.2) is 43.0 Å². The van der Waals surface area contributed by atoms with Gasteiger partial charge < -0.3 is 9.42 Å². The Bertz CT molecular complexity index is 1060. The van der Waals surface area contributed by atoms with Crippen molar-refractivity contribution in [3.8, 4) is 11.4 Å². The van der Waals surface area contributed by atoms with E-state index in [0.717, 1.165) is 48.8 Å². The molecule has 0 radical (unpaired) electrons. The molecular formula is C21H25N7O. The van der Waals surface area contributed by atoms with E-state index in [9.17, 15) is 0 Å². The van der Waals surface area contributed by atoms with Gasteiger partial charge in [0.2, 0.25) is 11.7 Å². The quantitative estimate of drug-likeness (QED) is 0.431. The minimum absolute atomic E-state index is 0.579. The van der Waals surface area contributed by atoms with Crippen molar-refractivity contribution in [2.75, 3.05) is 18.0 Å². The van der Waals surface area contributed by atoms with Crippen molar-refractivity contribution in [1.29, 1.82) is 0 Å². The van der Waals surface area contributed by atoms with Crippen molar-refractivity contribution in [3.05, 3.63) is 54.2 Å². The van der Waals surface area contributed by atoms with Crippen molar-refractivity contribution in [2.45, 2.75) is 39.5 Å². The van der Waals surface area contributed by atoms with E-state index in [1.807, 2.05) is 47.0 Å². The van der Waals surface area contributed by atoms with Gasteiger partial charge in [-0.25, -0.2) is 0 Å². The summed E-state index contributed by atoms with van der Waals surface area (Å²) in [6.07, 6.45) is 3.50. The number of aromatic nitrogens is 6. The van der Waals surface area contributed by atoms with Crippen molar-refractivity contribution < 1.29 is 4.52 Å². The van der Waals surface area contributed by atoms with Crippen LogP contribution in [0.1, 0.15) is 38.4 Å². The number of hydrogen-bond acceptors (Lipinski definition) is 7. The molecule has 0 N–H and O–H groups in total. The fourth-order valence-electron chi connectivity index (χ4n) is 3.21. The first-order valence-electron chi connectivity index (χ1n) is 10.1. The molecule has 3 aromatic heterocycles. The Morgan fingerprint density at radius 1 is 1.00 bits per heavy atom. The van der Waals surface area contributed by atoms with E-state index in [0.29, 0.717) is 24.6 Å². The summed E-state index contributed by atoms with van der Waals surface area (Å²) in [4.78, 5) is 6.76. The third kappa shape index (κ3) is 4.26. The maximum absolute atomic E-state index is 5.41. The molecule has 0 aliphatic rings. The number of fused-ring (bicyclic) bond motifs is 1. The van der Waals surface area contributed by atoms with Gasteiger partial charge in [-0.05, 0) is 25.5 Å². The Hall–Kier alpha value is -3.29. The van der Waals surface area contributed by atoms with E-state index in [2.05, 4.69) is 39.1 Å². The molecule has 0 aliphatic carbocycles. The summed E-state index contributed by atoms with van der Waals surface area (Å²) in [5, 5.41) is 17.4. The van der Waals surface area contributed by atoms with Gasteiger partial charge in [-0.2, -0.15) is 9.50 Å². The largest absolute Gasteiger partial charge is 0.355 e. The van der Waals surface area contributed by atoms with Crippen LogP contribution in [-0.2, 0) is 12.8 Å². The molecule has 0 unspecified atom stereocenters. The number of hydrogen-bond donors (Lipinski definition) is 0. The first-order chi connectivity index (χ1) is 14.3. The standard InChI is InChI=1S/C21H25N7O/c1-3-5-15-27(4-2)19-12-11-17-23-24-18(28(17)25-19)13-14-20-22-21(26-29-20)16-9-7-6-8-10-16/h6-12H,3-5,13-15H2,1-2H3. The summed E-state index contributed by atoms with van der Waals surface area (Å²) >= 11 is 0. The van der Waals surface area contributed by atoms with Crippen molar-refractivity contribution in [3.63, 3.8) is 0 Å². The summed E-state index contributed by atoms with van der Waals surface area (Å²) in [7, 11) is 0. The van der Waals surface area contributed by atoms with E-state index in [4.69, 9.17) is 9.62 Å². The van der Waals surface area contributed by atoms with Crippen LogP contribution in [0.25, 0.3) is 17.0 Å². The van der Waals surface area contributed by atoms with Crippen LogP contribution >= 0.6 is 0 Å². The molecule has 8 nitrogen and oxygen atoms in total. The van der Waals surface area contributed by atoms with Gasteiger partial charge in [0.1, 0.15) is 5.82 Å². The molecule has 29 heavy (non-hydrogen) atoms. The second-order valence-electron chi connectivity index (χ2n) is 6.89. The highest BCUT2D eigenvalue weighted by atomic mass is 16.5. The Balaban J connectivity index is 1.49. The lowest BCUT2D eigenvalue weighted by molar-refractivity contribution is 0.377. The average molecular weight is 391 g/mol. The number of unbranched alkanes of at least 4 members (excludes halogenated alkanes) is 1. The van der Waals surface area contributed by atoms with Crippen LogP contribution in [0.5, 0.6) is 0 Å². The first-order valence-corrected chi connectivity index (χ1v) is 10.1. The molecule has 150 valence electrons. The second-order valence-corrected chi connectivity index (χ2v) is 6.89. The third-order valence-electron chi connectivity index (χ3n) is 4.86. The lowest BCUT2D eigenvalue weighted by Gasteiger charge is -2.21. The highest BCUT2D eigenvalue weighted by molar-refractivity contribution is 5.53. The normalized spacial score (nSPS) is 11.2. The van der Waals surface area contributed by atoms with Crippen LogP contribution in [0, 0.1) is 0 Å². The van der Waals surface area contributed by atoms with Gasteiger partial charge in [0.25, 0.3) is 0 Å². The van der Waals surface area contributed by atoms with Gasteiger partial charge >= 0.3 is 0 Å². The van der Waals surface area contributed by atoms with Crippen LogP contribution in [0.4, 0.5) is 5.82 Å². The second kappa shape index (κ2) is 8.81. The monoisotopic (exact) mass is 391 g/mol. The molecular weight excluding hydrogens is 366 g/mol. The highest BCUT2D eigenvalue weighted by Gasteiger charge is 2.14. The Morgan fingerprint density at radius 3 is 2.66 bits per heavy atom. The zero-order valence-corrected chi connectivity index (χ0v) is 16.8. The molecule has 0 amide bonds. The highest BCUT2D eigenvalue weighted by Crippen LogP contribution is 2.17. The van der Waals surface area contributed by atoms with Gasteiger partial charge in [-0.15, -0.1) is 15.3 Å². The summed E-state index contributed by atoms with van der Waals surface area (Å²) in [5.41, 5.74) is 1.68. The Morgan fingerprint density at radius 2 is 1.86 bits per heavy atom. The maximum atomic E-state index is 5.41. The fourth-order valence-corrected chi connectivity index (χ4v) is 3.21. The lowest BCUT2D eigenvalue weighted by Crippen LogP contribution is -2.25. The number of nitrogens with zero attached hydrogens (tertiary/aromatic N) is 7. The molecule has 3 heterocycles. The van der Waals surface area contributed by atoms with E-state index < -0.39 is 0 Å². The molecule has 1 aromatic carbocycles. The fraction of sp³-hybridized carbons (Fsp3) is 0.381. The van der Waals surface area contributed by atoms with E-state index in [1.165, 1.54) is 0 Å².